The maximum absolute atomic E-state index is 4.13. The molecule has 0 amide bonds. The second kappa shape index (κ2) is 4.39. The van der Waals surface area contributed by atoms with Crippen LogP contribution in [0, 0.1) is 0 Å². The van der Waals surface area contributed by atoms with Gasteiger partial charge in [-0.15, -0.1) is 0 Å². The van der Waals surface area contributed by atoms with Gasteiger partial charge in [0, 0.05) is 18.1 Å². The number of anilines is 1. The summed E-state index contributed by atoms with van der Waals surface area (Å²) in [5, 5.41) is 2.99. The standard InChI is InChI=1S/C8H8N4S2/c1-9-7-4-6(2-3-10-7)13-8-11-5-12-14-8/h2-5H,1H3,(H,9,10). The minimum Gasteiger partial charge on any atom is -0.373 e. The van der Waals surface area contributed by atoms with Gasteiger partial charge < -0.3 is 5.32 Å². The van der Waals surface area contributed by atoms with Gasteiger partial charge in [-0.3, -0.25) is 0 Å². The van der Waals surface area contributed by atoms with E-state index in [1.807, 2.05) is 19.2 Å². The lowest BCUT2D eigenvalue weighted by atomic mass is 10.5. The first kappa shape index (κ1) is 9.42. The van der Waals surface area contributed by atoms with Crippen molar-refractivity contribution in [3.8, 4) is 0 Å². The molecule has 2 aromatic rings. The summed E-state index contributed by atoms with van der Waals surface area (Å²) in [6.45, 7) is 0. The molecule has 0 fully saturated rings. The van der Waals surface area contributed by atoms with Crippen molar-refractivity contribution in [1.29, 1.82) is 0 Å². The average molecular weight is 224 g/mol. The Hall–Kier alpha value is -1.14. The first-order chi connectivity index (χ1) is 6.88. The number of aromatic nitrogens is 3. The van der Waals surface area contributed by atoms with Crippen LogP contribution < -0.4 is 5.32 Å². The van der Waals surface area contributed by atoms with Crippen LogP contribution in [-0.4, -0.2) is 21.4 Å². The molecule has 1 N–H and O–H groups in total. The zero-order valence-corrected chi connectivity index (χ0v) is 9.10. The SMILES string of the molecule is CNc1cc(Sc2ncns2)ccn1. The van der Waals surface area contributed by atoms with E-state index >= 15 is 0 Å². The van der Waals surface area contributed by atoms with Gasteiger partial charge in [0.25, 0.3) is 0 Å². The Balaban J connectivity index is 2.17. The van der Waals surface area contributed by atoms with E-state index in [-0.39, 0.29) is 0 Å². The second-order valence-electron chi connectivity index (χ2n) is 2.44. The van der Waals surface area contributed by atoms with Crippen LogP contribution >= 0.6 is 23.3 Å². The van der Waals surface area contributed by atoms with Gasteiger partial charge in [0.15, 0.2) is 4.34 Å². The third-order valence-corrected chi connectivity index (χ3v) is 3.24. The van der Waals surface area contributed by atoms with E-state index in [0.29, 0.717) is 0 Å². The molecular weight excluding hydrogens is 216 g/mol. The van der Waals surface area contributed by atoms with Gasteiger partial charge in [-0.2, -0.15) is 4.37 Å². The van der Waals surface area contributed by atoms with E-state index in [0.717, 1.165) is 15.1 Å². The lowest BCUT2D eigenvalue weighted by molar-refractivity contribution is 1.20. The highest BCUT2D eigenvalue weighted by Crippen LogP contribution is 2.28. The molecule has 0 saturated carbocycles. The van der Waals surface area contributed by atoms with Crippen molar-refractivity contribution in [1.82, 2.24) is 14.3 Å². The van der Waals surface area contributed by atoms with Crippen molar-refractivity contribution >= 4 is 29.1 Å². The lowest BCUT2D eigenvalue weighted by Crippen LogP contribution is -1.90. The Morgan fingerprint density at radius 2 is 2.36 bits per heavy atom. The molecule has 14 heavy (non-hydrogen) atoms. The van der Waals surface area contributed by atoms with Gasteiger partial charge in [-0.25, -0.2) is 9.97 Å². The molecular formula is C8H8N4S2. The second-order valence-corrected chi connectivity index (χ2v) is 4.54. The molecule has 0 saturated heterocycles. The number of pyridine rings is 1. The van der Waals surface area contributed by atoms with Crippen LogP contribution in [0.5, 0.6) is 0 Å². The normalized spacial score (nSPS) is 10.1. The average Bonchev–Trinajstić information content (AvgIpc) is 2.71. The fraction of sp³-hybridized carbons (Fsp3) is 0.125. The van der Waals surface area contributed by atoms with E-state index in [1.54, 1.807) is 24.3 Å². The fourth-order valence-corrected chi connectivity index (χ4v) is 2.37. The van der Waals surface area contributed by atoms with Crippen molar-refractivity contribution < 1.29 is 0 Å². The molecule has 2 heterocycles. The maximum atomic E-state index is 4.13. The predicted octanol–water partition coefficient (Wildman–Crippen LogP) is 2.13. The summed E-state index contributed by atoms with van der Waals surface area (Å²) in [7, 11) is 1.85. The Labute approximate surface area is 90.0 Å². The van der Waals surface area contributed by atoms with Gasteiger partial charge in [0.05, 0.1) is 0 Å². The zero-order chi connectivity index (χ0) is 9.80. The molecule has 2 rings (SSSR count). The van der Waals surface area contributed by atoms with E-state index in [2.05, 4.69) is 19.7 Å². The molecule has 0 aromatic carbocycles. The van der Waals surface area contributed by atoms with Crippen LogP contribution in [0.3, 0.4) is 0 Å². The lowest BCUT2D eigenvalue weighted by Gasteiger charge is -2.00. The monoisotopic (exact) mass is 224 g/mol. The minimum absolute atomic E-state index is 0.861. The van der Waals surface area contributed by atoms with Crippen LogP contribution in [0.2, 0.25) is 0 Å². The summed E-state index contributed by atoms with van der Waals surface area (Å²) < 4.78 is 4.88. The van der Waals surface area contributed by atoms with Crippen LogP contribution in [0.1, 0.15) is 0 Å². The van der Waals surface area contributed by atoms with Crippen LogP contribution in [0.25, 0.3) is 0 Å². The summed E-state index contributed by atoms with van der Waals surface area (Å²) in [5.74, 6) is 0.861. The zero-order valence-electron chi connectivity index (χ0n) is 7.47. The summed E-state index contributed by atoms with van der Waals surface area (Å²) in [5.41, 5.74) is 0. The van der Waals surface area contributed by atoms with Crippen LogP contribution in [-0.2, 0) is 0 Å². The summed E-state index contributed by atoms with van der Waals surface area (Å²) in [4.78, 5) is 9.34. The molecule has 0 atom stereocenters. The molecule has 0 aliphatic rings. The summed E-state index contributed by atoms with van der Waals surface area (Å²) in [6.07, 6.45) is 3.34. The number of hydrogen-bond acceptors (Lipinski definition) is 6. The first-order valence-electron chi connectivity index (χ1n) is 3.97. The first-order valence-corrected chi connectivity index (χ1v) is 5.56. The van der Waals surface area contributed by atoms with Gasteiger partial charge in [0.2, 0.25) is 0 Å². The van der Waals surface area contributed by atoms with Crippen molar-refractivity contribution in [2.24, 2.45) is 0 Å². The molecule has 0 unspecified atom stereocenters. The third-order valence-electron chi connectivity index (χ3n) is 1.53. The molecule has 4 nitrogen and oxygen atoms in total. The van der Waals surface area contributed by atoms with Gasteiger partial charge in [0.1, 0.15) is 12.1 Å². The molecule has 72 valence electrons. The van der Waals surface area contributed by atoms with Crippen molar-refractivity contribution in [3.63, 3.8) is 0 Å². The van der Waals surface area contributed by atoms with E-state index in [1.165, 1.54) is 11.5 Å². The summed E-state index contributed by atoms with van der Waals surface area (Å²) in [6, 6.07) is 3.93. The van der Waals surface area contributed by atoms with Crippen LogP contribution in [0.4, 0.5) is 5.82 Å². The third kappa shape index (κ3) is 2.21. The molecule has 0 spiro atoms. The largest absolute Gasteiger partial charge is 0.373 e. The molecule has 0 aliphatic heterocycles. The Kier molecular flexibility index (Phi) is 2.95. The molecule has 6 heteroatoms. The summed E-state index contributed by atoms with van der Waals surface area (Å²) >= 11 is 2.98. The van der Waals surface area contributed by atoms with Gasteiger partial charge >= 0.3 is 0 Å². The Bertz CT molecular complexity index is 401. The molecule has 2 aromatic heterocycles. The number of nitrogens with zero attached hydrogens (tertiary/aromatic N) is 3. The van der Waals surface area contributed by atoms with E-state index in [9.17, 15) is 0 Å². The maximum Gasteiger partial charge on any atom is 0.174 e. The minimum atomic E-state index is 0.861. The Morgan fingerprint density at radius 3 is 3.07 bits per heavy atom. The van der Waals surface area contributed by atoms with Crippen molar-refractivity contribution in [3.05, 3.63) is 24.7 Å². The van der Waals surface area contributed by atoms with E-state index in [4.69, 9.17) is 0 Å². The Morgan fingerprint density at radius 1 is 1.43 bits per heavy atom. The topological polar surface area (TPSA) is 50.7 Å². The van der Waals surface area contributed by atoms with Crippen molar-refractivity contribution in [2.75, 3.05) is 12.4 Å². The van der Waals surface area contributed by atoms with Crippen LogP contribution in [0.15, 0.2) is 33.9 Å². The highest BCUT2D eigenvalue weighted by atomic mass is 32.2. The highest BCUT2D eigenvalue weighted by Gasteiger charge is 2.01. The van der Waals surface area contributed by atoms with Crippen molar-refractivity contribution in [2.45, 2.75) is 9.24 Å². The number of rotatable bonds is 3. The number of hydrogen-bond donors (Lipinski definition) is 1. The predicted molar refractivity (Wildman–Crippen MR) is 57.8 cm³/mol. The quantitative estimate of drug-likeness (QED) is 0.865. The smallest absolute Gasteiger partial charge is 0.174 e. The fourth-order valence-electron chi connectivity index (χ4n) is 0.920. The number of nitrogens with one attached hydrogen (secondary N) is 1. The highest BCUT2D eigenvalue weighted by molar-refractivity contribution is 8.01. The van der Waals surface area contributed by atoms with E-state index < -0.39 is 0 Å². The molecule has 0 bridgehead atoms. The molecule has 0 radical (unpaired) electrons. The van der Waals surface area contributed by atoms with Gasteiger partial charge in [-0.1, -0.05) is 11.8 Å². The molecule has 0 aliphatic carbocycles. The van der Waals surface area contributed by atoms with Gasteiger partial charge in [-0.05, 0) is 23.7 Å².